The summed E-state index contributed by atoms with van der Waals surface area (Å²) in [5, 5.41) is 0. The minimum Gasteiger partial charge on any atom is -0.354 e. The molecule has 16 heavy (non-hydrogen) atoms. The normalized spacial score (nSPS) is 21.3. The minimum atomic E-state index is -0.228. The largest absolute Gasteiger partial charge is 0.354 e. The summed E-state index contributed by atoms with van der Waals surface area (Å²) >= 11 is 0. The first-order valence-corrected chi connectivity index (χ1v) is 5.73. The molecule has 0 saturated heterocycles. The summed E-state index contributed by atoms with van der Waals surface area (Å²) in [7, 11) is 0. The van der Waals surface area contributed by atoms with Gasteiger partial charge in [0.05, 0.1) is 6.10 Å². The maximum atomic E-state index is 5.90. The first-order chi connectivity index (χ1) is 7.90. The van der Waals surface area contributed by atoms with Crippen LogP contribution in [0, 0.1) is 12.3 Å². The van der Waals surface area contributed by atoms with Gasteiger partial charge in [0.25, 0.3) is 0 Å². The Hall–Kier alpha value is -1.52. The molecule has 0 aromatic heterocycles. The molecule has 0 heterocycles. The van der Waals surface area contributed by atoms with Crippen molar-refractivity contribution in [2.75, 3.05) is 0 Å². The molecule has 0 bridgehead atoms. The Kier molecular flexibility index (Phi) is 3.80. The fraction of sp³-hybridized carbons (Fsp3) is 0.333. The van der Waals surface area contributed by atoms with E-state index in [0.717, 1.165) is 18.4 Å². The van der Waals surface area contributed by atoms with E-state index in [1.165, 1.54) is 6.42 Å². The summed E-state index contributed by atoms with van der Waals surface area (Å²) in [5.41, 5.74) is 1.06. The highest BCUT2D eigenvalue weighted by Crippen LogP contribution is 2.22. The van der Waals surface area contributed by atoms with E-state index in [1.54, 1.807) is 0 Å². The number of terminal acetylenes is 1. The Morgan fingerprint density at radius 3 is 2.75 bits per heavy atom. The molecule has 0 N–H and O–H groups in total. The number of ether oxygens (including phenoxy) is 1. The van der Waals surface area contributed by atoms with Crippen molar-refractivity contribution in [1.29, 1.82) is 0 Å². The van der Waals surface area contributed by atoms with Crippen molar-refractivity contribution in [3.05, 3.63) is 48.0 Å². The van der Waals surface area contributed by atoms with Crippen LogP contribution in [-0.4, -0.2) is 6.10 Å². The fourth-order valence-electron chi connectivity index (χ4n) is 1.91. The van der Waals surface area contributed by atoms with Crippen molar-refractivity contribution in [2.24, 2.45) is 0 Å². The summed E-state index contributed by atoms with van der Waals surface area (Å²) in [5.74, 6) is 2.71. The lowest BCUT2D eigenvalue weighted by molar-refractivity contribution is 0.0380. The zero-order chi connectivity index (χ0) is 11.2. The third-order valence-corrected chi connectivity index (χ3v) is 2.77. The van der Waals surface area contributed by atoms with Crippen LogP contribution in [0.15, 0.2) is 42.5 Å². The molecule has 1 aliphatic carbocycles. The van der Waals surface area contributed by atoms with E-state index in [0.29, 0.717) is 0 Å². The van der Waals surface area contributed by atoms with Gasteiger partial charge in [-0.05, 0) is 24.8 Å². The molecular formula is C15H16O. The van der Waals surface area contributed by atoms with E-state index in [9.17, 15) is 0 Å². The minimum absolute atomic E-state index is 0.176. The Morgan fingerprint density at radius 2 is 2.12 bits per heavy atom. The molecule has 0 fully saturated rings. The lowest BCUT2D eigenvalue weighted by Crippen LogP contribution is -2.15. The second kappa shape index (κ2) is 5.53. The van der Waals surface area contributed by atoms with Crippen LogP contribution < -0.4 is 0 Å². The van der Waals surface area contributed by atoms with Gasteiger partial charge in [-0.1, -0.05) is 48.4 Å². The van der Waals surface area contributed by atoms with Crippen LogP contribution in [0.2, 0.25) is 0 Å². The topological polar surface area (TPSA) is 9.23 Å². The second-order valence-corrected chi connectivity index (χ2v) is 3.99. The molecule has 1 aromatic rings. The summed E-state index contributed by atoms with van der Waals surface area (Å²) in [6.07, 6.45) is 13.2. The van der Waals surface area contributed by atoms with Gasteiger partial charge in [-0.3, -0.25) is 0 Å². The number of hydrogen-bond donors (Lipinski definition) is 0. The first kappa shape index (κ1) is 11.0. The number of rotatable bonds is 3. The summed E-state index contributed by atoms with van der Waals surface area (Å²) in [6, 6.07) is 9.98. The van der Waals surface area contributed by atoms with Gasteiger partial charge in [0, 0.05) is 0 Å². The van der Waals surface area contributed by atoms with E-state index in [2.05, 4.69) is 18.1 Å². The van der Waals surface area contributed by atoms with Crippen LogP contribution in [0.1, 0.15) is 30.9 Å². The molecular weight excluding hydrogens is 196 g/mol. The van der Waals surface area contributed by atoms with Crippen LogP contribution >= 0.6 is 0 Å². The van der Waals surface area contributed by atoms with Gasteiger partial charge in [0.1, 0.15) is 6.10 Å². The Balaban J connectivity index is 2.04. The third-order valence-electron chi connectivity index (χ3n) is 2.77. The van der Waals surface area contributed by atoms with E-state index in [4.69, 9.17) is 11.2 Å². The van der Waals surface area contributed by atoms with Crippen LogP contribution in [-0.2, 0) is 4.74 Å². The second-order valence-electron chi connectivity index (χ2n) is 3.99. The molecule has 1 aromatic carbocycles. The van der Waals surface area contributed by atoms with Crippen molar-refractivity contribution < 1.29 is 4.74 Å². The Bertz CT molecular complexity index is 386. The van der Waals surface area contributed by atoms with Crippen molar-refractivity contribution >= 4 is 0 Å². The maximum absolute atomic E-state index is 5.90. The molecule has 1 aliphatic rings. The molecule has 0 radical (unpaired) electrons. The van der Waals surface area contributed by atoms with Gasteiger partial charge in [-0.25, -0.2) is 0 Å². The molecule has 82 valence electrons. The van der Waals surface area contributed by atoms with Crippen LogP contribution in [0.5, 0.6) is 0 Å². The van der Waals surface area contributed by atoms with Crippen molar-refractivity contribution in [3.8, 4) is 12.3 Å². The van der Waals surface area contributed by atoms with Gasteiger partial charge >= 0.3 is 0 Å². The van der Waals surface area contributed by atoms with E-state index in [1.807, 2.05) is 30.3 Å². The van der Waals surface area contributed by atoms with Crippen molar-refractivity contribution in [3.63, 3.8) is 0 Å². The Morgan fingerprint density at radius 1 is 1.31 bits per heavy atom. The van der Waals surface area contributed by atoms with E-state index in [-0.39, 0.29) is 12.2 Å². The number of hydrogen-bond acceptors (Lipinski definition) is 1. The SMILES string of the molecule is C#CC(OC1C=CCCC1)c1ccccc1. The maximum Gasteiger partial charge on any atom is 0.143 e. The van der Waals surface area contributed by atoms with Crippen molar-refractivity contribution in [1.82, 2.24) is 0 Å². The van der Waals surface area contributed by atoms with E-state index < -0.39 is 0 Å². The molecule has 0 spiro atoms. The summed E-state index contributed by atoms with van der Waals surface area (Å²) in [4.78, 5) is 0. The predicted octanol–water partition coefficient (Wildman–Crippen LogP) is 3.49. The molecule has 2 rings (SSSR count). The number of benzene rings is 1. The van der Waals surface area contributed by atoms with Gasteiger partial charge in [-0.2, -0.15) is 0 Å². The molecule has 1 heteroatoms. The lowest BCUT2D eigenvalue weighted by Gasteiger charge is -2.21. The predicted molar refractivity (Wildman–Crippen MR) is 65.9 cm³/mol. The number of allylic oxidation sites excluding steroid dienone is 1. The highest BCUT2D eigenvalue weighted by atomic mass is 16.5. The fourth-order valence-corrected chi connectivity index (χ4v) is 1.91. The summed E-state index contributed by atoms with van der Waals surface area (Å²) < 4.78 is 5.90. The monoisotopic (exact) mass is 212 g/mol. The quantitative estimate of drug-likeness (QED) is 0.550. The summed E-state index contributed by atoms with van der Waals surface area (Å²) in [6.45, 7) is 0. The Labute approximate surface area is 97.1 Å². The van der Waals surface area contributed by atoms with Crippen LogP contribution in [0.4, 0.5) is 0 Å². The highest BCUT2D eigenvalue weighted by Gasteiger charge is 2.15. The molecule has 0 saturated carbocycles. The lowest BCUT2D eigenvalue weighted by atomic mass is 10.0. The zero-order valence-electron chi connectivity index (χ0n) is 9.30. The molecule has 0 amide bonds. The zero-order valence-corrected chi connectivity index (χ0v) is 9.30. The standard InChI is InChI=1S/C15H16O/c1-2-15(13-9-5-3-6-10-13)16-14-11-7-4-8-12-14/h1,3,5-7,9-11,14-15H,4,8,12H2. The van der Waals surface area contributed by atoms with Crippen LogP contribution in [0.25, 0.3) is 0 Å². The first-order valence-electron chi connectivity index (χ1n) is 5.73. The average molecular weight is 212 g/mol. The molecule has 2 unspecified atom stereocenters. The molecule has 1 nitrogen and oxygen atoms in total. The smallest absolute Gasteiger partial charge is 0.143 e. The van der Waals surface area contributed by atoms with Gasteiger partial charge in [-0.15, -0.1) is 6.42 Å². The molecule has 2 atom stereocenters. The average Bonchev–Trinajstić information content (AvgIpc) is 2.38. The van der Waals surface area contributed by atoms with Gasteiger partial charge in [0.2, 0.25) is 0 Å². The van der Waals surface area contributed by atoms with E-state index >= 15 is 0 Å². The molecule has 0 aliphatic heterocycles. The van der Waals surface area contributed by atoms with Crippen molar-refractivity contribution in [2.45, 2.75) is 31.5 Å². The van der Waals surface area contributed by atoms with Gasteiger partial charge in [0.15, 0.2) is 0 Å². The third kappa shape index (κ3) is 2.74. The van der Waals surface area contributed by atoms with Crippen LogP contribution in [0.3, 0.4) is 0 Å². The highest BCUT2D eigenvalue weighted by molar-refractivity contribution is 5.24. The van der Waals surface area contributed by atoms with Gasteiger partial charge < -0.3 is 4.74 Å².